The highest BCUT2D eigenvalue weighted by atomic mass is 16.5. The van der Waals surface area contributed by atoms with Gasteiger partial charge in [-0.3, -0.25) is 4.79 Å². The number of hydrogen-bond donors (Lipinski definition) is 1. The summed E-state index contributed by atoms with van der Waals surface area (Å²) in [5.74, 6) is 1.13. The summed E-state index contributed by atoms with van der Waals surface area (Å²) in [6, 6.07) is 13.1. The van der Waals surface area contributed by atoms with Crippen molar-refractivity contribution in [1.29, 1.82) is 0 Å². The molecule has 1 heterocycles. The van der Waals surface area contributed by atoms with Crippen LogP contribution in [0.15, 0.2) is 46.9 Å². The average molecular weight is 437 g/mol. The van der Waals surface area contributed by atoms with E-state index in [9.17, 15) is 9.59 Å². The predicted molar refractivity (Wildman–Crippen MR) is 126 cm³/mol. The summed E-state index contributed by atoms with van der Waals surface area (Å²) in [5.41, 5.74) is 2.72. The fourth-order valence-electron chi connectivity index (χ4n) is 3.59. The van der Waals surface area contributed by atoms with Gasteiger partial charge in [-0.2, -0.15) is 0 Å². The molecule has 0 fully saturated rings. The number of carbonyl (C=O) groups excluding carboxylic acids is 1. The standard InChI is InChI=1S/C27H32O5/c1-17(19-11-12-23(18(2)13-19)31-16-25(28)27(3,4)5)7-6-8-22-14-20-9-10-21(26(29)30)15-24(20)32-22/h9-15,17H,6-8,16H2,1-5H3,(H,29,30). The van der Waals surface area contributed by atoms with Crippen molar-refractivity contribution in [3.63, 3.8) is 0 Å². The van der Waals surface area contributed by atoms with Gasteiger partial charge in [0, 0.05) is 17.2 Å². The van der Waals surface area contributed by atoms with E-state index in [1.165, 1.54) is 5.56 Å². The molecule has 0 amide bonds. The lowest BCUT2D eigenvalue weighted by Gasteiger charge is -2.18. The maximum absolute atomic E-state index is 12.1. The zero-order valence-corrected chi connectivity index (χ0v) is 19.5. The second kappa shape index (κ2) is 9.60. The molecule has 0 aliphatic heterocycles. The number of aromatic carboxylic acids is 1. The van der Waals surface area contributed by atoms with Gasteiger partial charge in [0.25, 0.3) is 0 Å². The van der Waals surface area contributed by atoms with Gasteiger partial charge in [-0.15, -0.1) is 0 Å². The van der Waals surface area contributed by atoms with E-state index >= 15 is 0 Å². The van der Waals surface area contributed by atoms with E-state index in [2.05, 4.69) is 19.1 Å². The van der Waals surface area contributed by atoms with Crippen molar-refractivity contribution in [3.8, 4) is 5.75 Å². The molecule has 3 aromatic rings. The number of benzene rings is 2. The van der Waals surface area contributed by atoms with Gasteiger partial charge in [-0.1, -0.05) is 45.9 Å². The number of carboxylic acids is 1. The number of furan rings is 1. The Bertz CT molecular complexity index is 1120. The smallest absolute Gasteiger partial charge is 0.335 e. The number of aryl methyl sites for hydroxylation is 2. The van der Waals surface area contributed by atoms with E-state index in [-0.39, 0.29) is 18.0 Å². The predicted octanol–water partition coefficient (Wildman–Crippen LogP) is 6.56. The highest BCUT2D eigenvalue weighted by Gasteiger charge is 2.22. The van der Waals surface area contributed by atoms with Gasteiger partial charge in [0.1, 0.15) is 23.7 Å². The van der Waals surface area contributed by atoms with Crippen molar-refractivity contribution in [1.82, 2.24) is 0 Å². The highest BCUT2D eigenvalue weighted by molar-refractivity contribution is 5.92. The zero-order valence-electron chi connectivity index (χ0n) is 19.5. The maximum atomic E-state index is 12.1. The van der Waals surface area contributed by atoms with Crippen LogP contribution in [0.3, 0.4) is 0 Å². The van der Waals surface area contributed by atoms with Gasteiger partial charge in [0.05, 0.1) is 5.56 Å². The van der Waals surface area contributed by atoms with Crippen LogP contribution >= 0.6 is 0 Å². The van der Waals surface area contributed by atoms with Crippen LogP contribution in [0.25, 0.3) is 11.0 Å². The van der Waals surface area contributed by atoms with Gasteiger partial charge < -0.3 is 14.3 Å². The molecule has 1 unspecified atom stereocenters. The number of ketones is 1. The first kappa shape index (κ1) is 23.6. The Kier molecular flexibility index (Phi) is 7.07. The van der Waals surface area contributed by atoms with E-state index in [1.54, 1.807) is 18.2 Å². The van der Waals surface area contributed by atoms with Gasteiger partial charge in [0.15, 0.2) is 5.78 Å². The summed E-state index contributed by atoms with van der Waals surface area (Å²) in [4.78, 5) is 23.2. The number of Topliss-reactive ketones (excluding diaryl/α,β-unsaturated/α-hetero) is 1. The third-order valence-corrected chi connectivity index (χ3v) is 5.84. The van der Waals surface area contributed by atoms with Crippen LogP contribution in [0, 0.1) is 12.3 Å². The molecule has 5 heteroatoms. The fourth-order valence-corrected chi connectivity index (χ4v) is 3.59. The molecule has 1 N–H and O–H groups in total. The van der Waals surface area contributed by atoms with E-state index < -0.39 is 11.4 Å². The quantitative estimate of drug-likeness (QED) is 0.411. The minimum Gasteiger partial charge on any atom is -0.486 e. The summed E-state index contributed by atoms with van der Waals surface area (Å²) < 4.78 is 11.6. The summed E-state index contributed by atoms with van der Waals surface area (Å²) >= 11 is 0. The lowest BCUT2D eigenvalue weighted by molar-refractivity contribution is -0.128. The Morgan fingerprint density at radius 3 is 2.50 bits per heavy atom. The Morgan fingerprint density at radius 2 is 1.84 bits per heavy atom. The van der Waals surface area contributed by atoms with E-state index in [0.29, 0.717) is 11.5 Å². The number of hydrogen-bond acceptors (Lipinski definition) is 4. The minimum atomic E-state index is -0.953. The van der Waals surface area contributed by atoms with Crippen molar-refractivity contribution in [2.45, 2.75) is 59.8 Å². The number of ether oxygens (including phenoxy) is 1. The Morgan fingerprint density at radius 1 is 1.09 bits per heavy atom. The first-order valence-electron chi connectivity index (χ1n) is 11.1. The van der Waals surface area contributed by atoms with Crippen LogP contribution in [0.2, 0.25) is 0 Å². The van der Waals surface area contributed by atoms with Crippen LogP contribution in [0.1, 0.15) is 73.7 Å². The van der Waals surface area contributed by atoms with Crippen molar-refractivity contribution in [2.24, 2.45) is 5.41 Å². The van der Waals surface area contributed by atoms with Crippen LogP contribution < -0.4 is 4.74 Å². The van der Waals surface area contributed by atoms with Crippen LogP contribution in [0.4, 0.5) is 0 Å². The Hall–Kier alpha value is -3.08. The molecule has 0 aliphatic rings. The zero-order chi connectivity index (χ0) is 23.5. The van der Waals surface area contributed by atoms with Gasteiger partial charge in [0.2, 0.25) is 0 Å². The highest BCUT2D eigenvalue weighted by Crippen LogP contribution is 2.28. The second-order valence-corrected chi connectivity index (χ2v) is 9.55. The molecule has 0 saturated carbocycles. The molecule has 32 heavy (non-hydrogen) atoms. The number of carboxylic acid groups (broad SMARTS) is 1. The van der Waals surface area contributed by atoms with Crippen molar-refractivity contribution >= 4 is 22.7 Å². The summed E-state index contributed by atoms with van der Waals surface area (Å²) in [6.45, 7) is 9.99. The first-order chi connectivity index (χ1) is 15.0. The minimum absolute atomic E-state index is 0.0825. The lowest BCUT2D eigenvalue weighted by Crippen LogP contribution is -2.26. The molecule has 0 bridgehead atoms. The lowest BCUT2D eigenvalue weighted by atomic mass is 9.91. The molecule has 0 radical (unpaired) electrons. The summed E-state index contributed by atoms with van der Waals surface area (Å²) in [6.07, 6.45) is 2.76. The maximum Gasteiger partial charge on any atom is 0.335 e. The summed E-state index contributed by atoms with van der Waals surface area (Å²) in [5, 5.41) is 10.0. The third-order valence-electron chi connectivity index (χ3n) is 5.84. The molecule has 5 nitrogen and oxygen atoms in total. The Balaban J connectivity index is 1.55. The molecule has 1 atom stereocenters. The van der Waals surface area contributed by atoms with Crippen LogP contribution in [-0.2, 0) is 11.2 Å². The van der Waals surface area contributed by atoms with Gasteiger partial charge in [-0.05, 0) is 61.1 Å². The molecule has 0 saturated heterocycles. The van der Waals surface area contributed by atoms with E-state index in [0.717, 1.165) is 41.7 Å². The SMILES string of the molecule is Cc1cc(C(C)CCCc2cc3ccc(C(=O)O)cc3o2)ccc1OCC(=O)C(C)(C)C. The molecule has 2 aromatic carbocycles. The number of rotatable bonds is 9. The molecule has 0 aliphatic carbocycles. The number of carbonyl (C=O) groups is 2. The molecule has 170 valence electrons. The van der Waals surface area contributed by atoms with Crippen LogP contribution in [0.5, 0.6) is 5.75 Å². The van der Waals surface area contributed by atoms with Crippen molar-refractivity contribution < 1.29 is 23.8 Å². The summed E-state index contributed by atoms with van der Waals surface area (Å²) in [7, 11) is 0. The topological polar surface area (TPSA) is 76.7 Å². The molecular formula is C27H32O5. The molecule has 0 spiro atoms. The molecule has 3 rings (SSSR count). The van der Waals surface area contributed by atoms with Crippen molar-refractivity contribution in [3.05, 3.63) is 64.9 Å². The van der Waals surface area contributed by atoms with E-state index in [1.807, 2.05) is 39.8 Å². The first-order valence-corrected chi connectivity index (χ1v) is 11.1. The Labute approximate surface area is 189 Å². The average Bonchev–Trinajstić information content (AvgIpc) is 3.13. The fraction of sp³-hybridized carbons (Fsp3) is 0.407. The number of fused-ring (bicyclic) bond motifs is 1. The van der Waals surface area contributed by atoms with Crippen LogP contribution in [-0.4, -0.2) is 23.5 Å². The van der Waals surface area contributed by atoms with Crippen molar-refractivity contribution in [2.75, 3.05) is 6.61 Å². The van der Waals surface area contributed by atoms with E-state index in [4.69, 9.17) is 14.3 Å². The third kappa shape index (κ3) is 5.78. The largest absolute Gasteiger partial charge is 0.486 e. The second-order valence-electron chi connectivity index (χ2n) is 9.55. The normalized spacial score (nSPS) is 12.7. The molecule has 1 aromatic heterocycles. The molecular weight excluding hydrogens is 404 g/mol. The van der Waals surface area contributed by atoms with Gasteiger partial charge in [-0.25, -0.2) is 4.79 Å². The monoisotopic (exact) mass is 436 g/mol. The van der Waals surface area contributed by atoms with Gasteiger partial charge >= 0.3 is 5.97 Å².